The minimum atomic E-state index is 0. The van der Waals surface area contributed by atoms with Crippen molar-refractivity contribution in [3.05, 3.63) is 50.6 Å². The first-order valence-corrected chi connectivity index (χ1v) is 4.53. The molecule has 0 aliphatic rings. The molecule has 0 aliphatic heterocycles. The number of hydrogen-bond donors (Lipinski definition) is 0. The van der Waals surface area contributed by atoms with Gasteiger partial charge in [-0.1, -0.05) is 26.3 Å². The molecule has 0 atom stereocenters. The molecule has 0 bridgehead atoms. The van der Waals surface area contributed by atoms with E-state index < -0.39 is 0 Å². The Bertz CT molecular complexity index is 151. The van der Waals surface area contributed by atoms with E-state index >= 15 is 0 Å². The maximum atomic E-state index is 3.77. The van der Waals surface area contributed by atoms with Gasteiger partial charge in [-0.3, -0.25) is 0 Å². The Balaban J connectivity index is 0. The third-order valence-electron chi connectivity index (χ3n) is 2.07. The maximum absolute atomic E-state index is 3.77. The topological polar surface area (TPSA) is 0 Å². The molecule has 0 heterocycles. The van der Waals surface area contributed by atoms with Crippen molar-refractivity contribution in [3.63, 3.8) is 0 Å². The zero-order valence-electron chi connectivity index (χ0n) is 8.41. The van der Waals surface area contributed by atoms with Crippen molar-refractivity contribution in [3.8, 4) is 0 Å². The zero-order valence-corrected chi connectivity index (χ0v) is 8.41. The Morgan fingerprint density at radius 1 is 0.643 bits per heavy atom. The van der Waals surface area contributed by atoms with Crippen molar-refractivity contribution in [2.24, 2.45) is 0 Å². The van der Waals surface area contributed by atoms with Gasteiger partial charge < -0.3 is 4.48 Å². The van der Waals surface area contributed by atoms with Gasteiger partial charge in [0.15, 0.2) is 0 Å². The molecule has 74 valence electrons. The fraction of sp³-hybridized carbons (Fsp3) is 0.333. The van der Waals surface area contributed by atoms with Gasteiger partial charge in [0.2, 0.25) is 0 Å². The molecule has 1 nitrogen and oxygen atoms in total. The Morgan fingerprint density at radius 2 is 0.857 bits per heavy atom. The molecule has 14 heavy (non-hydrogen) atoms. The molecule has 0 saturated carbocycles. The number of hydrogen-bond acceptors (Lipinski definition) is 0. The van der Waals surface area contributed by atoms with Crippen molar-refractivity contribution in [2.75, 3.05) is 26.2 Å². The molecule has 0 saturated heterocycles. The quantitative estimate of drug-likeness (QED) is 0.320. The summed E-state index contributed by atoms with van der Waals surface area (Å²) in [6.45, 7) is 18.8. The van der Waals surface area contributed by atoms with Crippen LogP contribution in [-0.4, -0.2) is 60.2 Å². The Hall–Kier alpha value is -0.0800. The molecule has 0 unspecified atom stereocenters. The van der Waals surface area contributed by atoms with Crippen LogP contribution >= 0.6 is 0 Å². The van der Waals surface area contributed by atoms with E-state index in [1.54, 1.807) is 0 Å². The van der Waals surface area contributed by atoms with Gasteiger partial charge in [-0.15, -0.1) is 0 Å². The molecule has 0 spiro atoms. The third kappa shape index (κ3) is 5.61. The van der Waals surface area contributed by atoms with Crippen LogP contribution in [0.2, 0.25) is 0 Å². The Morgan fingerprint density at radius 3 is 1.00 bits per heavy atom. The van der Waals surface area contributed by atoms with Crippen molar-refractivity contribution in [2.45, 2.75) is 0 Å². The molecule has 0 aliphatic carbocycles. The van der Waals surface area contributed by atoms with Gasteiger partial charge in [-0.05, 0) is 24.3 Å². The molecule has 0 amide bonds. The van der Waals surface area contributed by atoms with Crippen molar-refractivity contribution >= 4 is 29.6 Å². The number of quaternary nitrogens is 1. The number of nitrogens with zero attached hydrogens (tertiary/aromatic N) is 1. The minimum absolute atomic E-state index is 0. The monoisotopic (exact) mass is 202 g/mol. The molecule has 0 aromatic rings. The summed E-state index contributed by atoms with van der Waals surface area (Å²) in [4.78, 5) is 0. The summed E-state index contributed by atoms with van der Waals surface area (Å²) in [5.74, 6) is 0. The average Bonchev–Trinajstić information content (AvgIpc) is 2.06. The first kappa shape index (κ1) is 16.4. The van der Waals surface area contributed by atoms with Crippen LogP contribution in [0.5, 0.6) is 0 Å². The predicted octanol–water partition coefficient (Wildman–Crippen LogP) is 1.90. The molecule has 0 fully saturated rings. The van der Waals surface area contributed by atoms with Crippen LogP contribution in [-0.2, 0) is 0 Å². The molecule has 0 aromatic carbocycles. The first-order chi connectivity index (χ1) is 6.24. The Kier molecular flexibility index (Phi) is 11.1. The summed E-state index contributed by atoms with van der Waals surface area (Å²) in [5, 5.41) is 0. The van der Waals surface area contributed by atoms with E-state index in [9.17, 15) is 0 Å². The SMILES string of the molecule is C=CC[N+](CC=C)(CC=C)CC=C.[NaH]. The van der Waals surface area contributed by atoms with E-state index in [0.717, 1.165) is 30.7 Å². The van der Waals surface area contributed by atoms with E-state index in [1.165, 1.54) is 0 Å². The van der Waals surface area contributed by atoms with Crippen LogP contribution in [0.3, 0.4) is 0 Å². The van der Waals surface area contributed by atoms with Crippen LogP contribution in [0.25, 0.3) is 0 Å². The van der Waals surface area contributed by atoms with E-state index in [1.807, 2.05) is 24.3 Å². The number of rotatable bonds is 8. The van der Waals surface area contributed by atoms with Crippen molar-refractivity contribution in [1.82, 2.24) is 0 Å². The second-order valence-corrected chi connectivity index (χ2v) is 3.23. The molecule has 0 radical (unpaired) electrons. The van der Waals surface area contributed by atoms with Gasteiger partial charge in [0.1, 0.15) is 0 Å². The summed E-state index contributed by atoms with van der Waals surface area (Å²) in [6.07, 6.45) is 7.76. The van der Waals surface area contributed by atoms with Gasteiger partial charge >= 0.3 is 29.6 Å². The fourth-order valence-corrected chi connectivity index (χ4v) is 1.54. The second-order valence-electron chi connectivity index (χ2n) is 3.23. The first-order valence-electron chi connectivity index (χ1n) is 4.53. The normalized spacial score (nSPS) is 9.71. The van der Waals surface area contributed by atoms with Crippen LogP contribution < -0.4 is 0 Å². The standard InChI is InChI=1S/C12H20N.Na.H/c1-5-9-13(10-6-2,11-7-3)12-8-4;;/h5-8H,1-4,9-12H2;;/q+1;;. The van der Waals surface area contributed by atoms with Gasteiger partial charge in [0.25, 0.3) is 0 Å². The van der Waals surface area contributed by atoms with E-state index in [-0.39, 0.29) is 29.6 Å². The summed E-state index contributed by atoms with van der Waals surface area (Å²) in [6, 6.07) is 0. The molecule has 0 N–H and O–H groups in total. The van der Waals surface area contributed by atoms with Crippen LogP contribution in [0.1, 0.15) is 0 Å². The zero-order chi connectivity index (χ0) is 10.2. The molecule has 0 rings (SSSR count). The van der Waals surface area contributed by atoms with Gasteiger partial charge in [-0.2, -0.15) is 0 Å². The summed E-state index contributed by atoms with van der Waals surface area (Å²) < 4.78 is 0.903. The molecule has 2 heteroatoms. The summed E-state index contributed by atoms with van der Waals surface area (Å²) in [7, 11) is 0. The van der Waals surface area contributed by atoms with Gasteiger partial charge in [0.05, 0.1) is 26.2 Å². The summed E-state index contributed by atoms with van der Waals surface area (Å²) >= 11 is 0. The van der Waals surface area contributed by atoms with Crippen LogP contribution in [0, 0.1) is 0 Å². The summed E-state index contributed by atoms with van der Waals surface area (Å²) in [5.41, 5.74) is 0. The molecular formula is C12H21NNa+. The average molecular weight is 202 g/mol. The van der Waals surface area contributed by atoms with Crippen molar-refractivity contribution in [1.29, 1.82) is 0 Å². The Labute approximate surface area is 110 Å². The predicted molar refractivity (Wildman–Crippen MR) is 67.7 cm³/mol. The third-order valence-corrected chi connectivity index (χ3v) is 2.07. The molecule has 0 aromatic heterocycles. The van der Waals surface area contributed by atoms with Crippen molar-refractivity contribution < 1.29 is 4.48 Å². The van der Waals surface area contributed by atoms with E-state index in [2.05, 4.69) is 26.3 Å². The van der Waals surface area contributed by atoms with Gasteiger partial charge in [-0.25, -0.2) is 0 Å². The van der Waals surface area contributed by atoms with Crippen LogP contribution in [0.4, 0.5) is 0 Å². The van der Waals surface area contributed by atoms with E-state index in [0.29, 0.717) is 0 Å². The fourth-order valence-electron chi connectivity index (χ4n) is 1.54. The van der Waals surface area contributed by atoms with E-state index in [4.69, 9.17) is 0 Å². The molecular weight excluding hydrogens is 181 g/mol. The van der Waals surface area contributed by atoms with Gasteiger partial charge in [0, 0.05) is 0 Å². The second kappa shape index (κ2) is 9.47. The van der Waals surface area contributed by atoms with Crippen LogP contribution in [0.15, 0.2) is 50.6 Å².